The van der Waals surface area contributed by atoms with Crippen molar-refractivity contribution in [2.75, 3.05) is 24.6 Å². The summed E-state index contributed by atoms with van der Waals surface area (Å²) in [6.07, 6.45) is 1.82. The Morgan fingerprint density at radius 2 is 2.08 bits per heavy atom. The van der Waals surface area contributed by atoms with Crippen LogP contribution in [0.15, 0.2) is 42.5 Å². The van der Waals surface area contributed by atoms with Gasteiger partial charge in [-0.1, -0.05) is 24.3 Å². The summed E-state index contributed by atoms with van der Waals surface area (Å²) in [7, 11) is 0. The summed E-state index contributed by atoms with van der Waals surface area (Å²) in [5, 5.41) is 10.8. The Kier molecular flexibility index (Phi) is 3.49. The highest BCUT2D eigenvalue weighted by Crippen LogP contribution is 2.43. The van der Waals surface area contributed by atoms with Crippen molar-refractivity contribution in [2.45, 2.75) is 18.4 Å². The fourth-order valence-corrected chi connectivity index (χ4v) is 3.82. The molecule has 1 heterocycles. The molecule has 5 nitrogen and oxygen atoms in total. The van der Waals surface area contributed by atoms with Gasteiger partial charge in [-0.3, -0.25) is 10.1 Å². The van der Waals surface area contributed by atoms with Gasteiger partial charge in [0.15, 0.2) is 5.82 Å². The zero-order chi connectivity index (χ0) is 16.7. The molecule has 1 atom stereocenters. The van der Waals surface area contributed by atoms with Crippen LogP contribution in [0.4, 0.5) is 15.8 Å². The molecule has 0 saturated carbocycles. The van der Waals surface area contributed by atoms with Gasteiger partial charge in [0.1, 0.15) is 5.60 Å². The molecule has 0 amide bonds. The molecule has 0 bridgehead atoms. The summed E-state index contributed by atoms with van der Waals surface area (Å²) < 4.78 is 20.5. The molecule has 0 aromatic heterocycles. The molecule has 2 aromatic rings. The molecule has 1 fully saturated rings. The maximum Gasteiger partial charge on any atom is 0.272 e. The molecule has 0 N–H and O–H groups in total. The number of anilines is 1. The third-order valence-electron chi connectivity index (χ3n) is 4.97. The topological polar surface area (TPSA) is 55.6 Å². The predicted molar refractivity (Wildman–Crippen MR) is 87.7 cm³/mol. The van der Waals surface area contributed by atoms with Crippen molar-refractivity contribution in [3.63, 3.8) is 0 Å². The second-order valence-corrected chi connectivity index (χ2v) is 6.31. The average molecular weight is 328 g/mol. The van der Waals surface area contributed by atoms with Gasteiger partial charge in [-0.2, -0.15) is 0 Å². The van der Waals surface area contributed by atoms with E-state index >= 15 is 0 Å². The smallest absolute Gasteiger partial charge is 0.272 e. The van der Waals surface area contributed by atoms with E-state index in [0.717, 1.165) is 18.9 Å². The van der Waals surface area contributed by atoms with Crippen LogP contribution in [0.1, 0.15) is 17.5 Å². The number of hydrogen-bond donors (Lipinski definition) is 0. The van der Waals surface area contributed by atoms with Crippen LogP contribution in [0.2, 0.25) is 0 Å². The number of halogens is 1. The van der Waals surface area contributed by atoms with Crippen LogP contribution in [0.5, 0.6) is 0 Å². The Balaban J connectivity index is 1.66. The Hall–Kier alpha value is -2.47. The number of benzene rings is 2. The number of nitro groups is 1. The first-order chi connectivity index (χ1) is 11.6. The van der Waals surface area contributed by atoms with Gasteiger partial charge >= 0.3 is 0 Å². The van der Waals surface area contributed by atoms with Gasteiger partial charge in [0, 0.05) is 12.6 Å². The lowest BCUT2D eigenvalue weighted by atomic mass is 9.93. The van der Waals surface area contributed by atoms with E-state index in [9.17, 15) is 14.5 Å². The van der Waals surface area contributed by atoms with Crippen LogP contribution < -0.4 is 4.90 Å². The zero-order valence-electron chi connectivity index (χ0n) is 13.1. The predicted octanol–water partition coefficient (Wildman–Crippen LogP) is 3.41. The number of hydrogen-bond acceptors (Lipinski definition) is 4. The lowest BCUT2D eigenvalue weighted by Gasteiger charge is -2.42. The van der Waals surface area contributed by atoms with E-state index in [-0.39, 0.29) is 5.69 Å². The van der Waals surface area contributed by atoms with Crippen LogP contribution in [-0.2, 0) is 16.8 Å². The largest absolute Gasteiger partial charge is 0.367 e. The average Bonchev–Trinajstić information content (AvgIpc) is 2.93. The monoisotopic (exact) mass is 328 g/mol. The van der Waals surface area contributed by atoms with Crippen LogP contribution >= 0.6 is 0 Å². The van der Waals surface area contributed by atoms with Crippen molar-refractivity contribution in [3.05, 3.63) is 69.5 Å². The highest BCUT2D eigenvalue weighted by Gasteiger charge is 2.43. The fourth-order valence-electron chi connectivity index (χ4n) is 3.82. The van der Waals surface area contributed by atoms with Crippen LogP contribution in [-0.4, -0.2) is 24.6 Å². The first kappa shape index (κ1) is 15.1. The molecule has 124 valence electrons. The molecule has 1 saturated heterocycles. The number of non-ortho nitro benzene ring substituents is 1. The number of aryl methyl sites for hydroxylation is 1. The van der Waals surface area contributed by atoms with Crippen LogP contribution in [0, 0.1) is 15.9 Å². The third kappa shape index (κ3) is 2.34. The standard InChI is InChI=1S/C18H17FN2O3/c19-16-11-14(21(22)23)5-6-17(16)20-9-10-24-18(12-20)8-7-13-3-1-2-4-15(13)18/h1-6,11H,7-10,12H2. The highest BCUT2D eigenvalue weighted by atomic mass is 19.1. The van der Waals surface area contributed by atoms with E-state index in [2.05, 4.69) is 12.1 Å². The molecule has 1 aliphatic carbocycles. The van der Waals surface area contributed by atoms with Crippen LogP contribution in [0.25, 0.3) is 0 Å². The van der Waals surface area contributed by atoms with Gasteiger partial charge in [-0.15, -0.1) is 0 Å². The minimum atomic E-state index is -0.582. The second-order valence-electron chi connectivity index (χ2n) is 6.31. The normalized spacial score (nSPS) is 22.6. The highest BCUT2D eigenvalue weighted by molar-refractivity contribution is 5.54. The maximum atomic E-state index is 14.4. The van der Waals surface area contributed by atoms with Crippen molar-refractivity contribution in [1.82, 2.24) is 0 Å². The quantitative estimate of drug-likeness (QED) is 0.626. The van der Waals surface area contributed by atoms with Gasteiger partial charge < -0.3 is 9.64 Å². The molecule has 1 spiro atoms. The Morgan fingerprint density at radius 3 is 2.88 bits per heavy atom. The lowest BCUT2D eigenvalue weighted by molar-refractivity contribution is -0.385. The molecule has 6 heteroatoms. The molecular formula is C18H17FN2O3. The van der Waals surface area contributed by atoms with Crippen LogP contribution in [0.3, 0.4) is 0 Å². The summed E-state index contributed by atoms with van der Waals surface area (Å²) in [5.74, 6) is -0.562. The summed E-state index contributed by atoms with van der Waals surface area (Å²) in [5.41, 5.74) is 2.21. The Labute approximate surface area is 138 Å². The number of morpholine rings is 1. The summed E-state index contributed by atoms with van der Waals surface area (Å²) in [4.78, 5) is 12.1. The molecule has 0 radical (unpaired) electrons. The lowest BCUT2D eigenvalue weighted by Crippen LogP contribution is -2.49. The van der Waals surface area contributed by atoms with Crippen molar-refractivity contribution >= 4 is 11.4 Å². The molecular weight excluding hydrogens is 311 g/mol. The van der Waals surface area contributed by atoms with Gasteiger partial charge in [0.25, 0.3) is 5.69 Å². The third-order valence-corrected chi connectivity index (χ3v) is 4.97. The van der Waals surface area contributed by atoms with E-state index in [0.29, 0.717) is 25.4 Å². The number of fused-ring (bicyclic) bond motifs is 2. The van der Waals surface area contributed by atoms with Gasteiger partial charge in [-0.25, -0.2) is 4.39 Å². The number of ether oxygens (including phenoxy) is 1. The molecule has 1 unspecified atom stereocenters. The van der Waals surface area contributed by atoms with Gasteiger partial charge in [-0.05, 0) is 30.0 Å². The first-order valence-electron chi connectivity index (χ1n) is 8.00. The van der Waals surface area contributed by atoms with E-state index in [1.165, 1.54) is 23.3 Å². The minimum absolute atomic E-state index is 0.231. The van der Waals surface area contributed by atoms with E-state index in [1.54, 1.807) is 0 Å². The van der Waals surface area contributed by atoms with Crippen molar-refractivity contribution in [3.8, 4) is 0 Å². The Bertz CT molecular complexity index is 807. The minimum Gasteiger partial charge on any atom is -0.367 e. The zero-order valence-corrected chi connectivity index (χ0v) is 13.1. The Morgan fingerprint density at radius 1 is 1.25 bits per heavy atom. The number of rotatable bonds is 2. The van der Waals surface area contributed by atoms with Crippen molar-refractivity contribution < 1.29 is 14.1 Å². The summed E-state index contributed by atoms with van der Waals surface area (Å²) in [6, 6.07) is 12.0. The SMILES string of the molecule is O=[N+]([O-])c1ccc(N2CCOC3(CCc4ccccc43)C2)c(F)c1. The molecule has 24 heavy (non-hydrogen) atoms. The second kappa shape index (κ2) is 5.56. The van der Waals surface area contributed by atoms with Crippen molar-refractivity contribution in [1.29, 1.82) is 0 Å². The van der Waals surface area contributed by atoms with E-state index in [4.69, 9.17) is 4.74 Å². The van der Waals surface area contributed by atoms with Gasteiger partial charge in [0.05, 0.1) is 29.8 Å². The number of nitrogens with zero attached hydrogens (tertiary/aromatic N) is 2. The van der Waals surface area contributed by atoms with E-state index < -0.39 is 16.3 Å². The molecule has 2 aromatic carbocycles. The summed E-state index contributed by atoms with van der Waals surface area (Å²) in [6.45, 7) is 1.63. The number of nitro benzene ring substituents is 1. The summed E-state index contributed by atoms with van der Waals surface area (Å²) >= 11 is 0. The molecule has 2 aliphatic rings. The van der Waals surface area contributed by atoms with Gasteiger partial charge in [0.2, 0.25) is 0 Å². The first-order valence-corrected chi connectivity index (χ1v) is 8.00. The fraction of sp³-hybridized carbons (Fsp3) is 0.333. The maximum absolute atomic E-state index is 14.4. The molecule has 4 rings (SSSR count). The van der Waals surface area contributed by atoms with Crippen molar-refractivity contribution in [2.24, 2.45) is 0 Å². The van der Waals surface area contributed by atoms with E-state index in [1.807, 2.05) is 17.0 Å². The molecule has 1 aliphatic heterocycles.